The van der Waals surface area contributed by atoms with E-state index in [-0.39, 0.29) is 6.04 Å². The zero-order valence-electron chi connectivity index (χ0n) is 12.2. The molecule has 0 spiro atoms. The standard InChI is InChI=1S/C14H20N4O2S/c1-12(11-18-9-5-8-16-18)17-21(19,20)14-7-4-3-6-13(14)10-15-2/h3-9,12,15,17H,10-11H2,1-2H3. The summed E-state index contributed by atoms with van der Waals surface area (Å²) in [6.07, 6.45) is 3.48. The van der Waals surface area contributed by atoms with Gasteiger partial charge >= 0.3 is 0 Å². The highest BCUT2D eigenvalue weighted by Gasteiger charge is 2.20. The predicted octanol–water partition coefficient (Wildman–Crippen LogP) is 0.969. The highest BCUT2D eigenvalue weighted by Crippen LogP contribution is 2.15. The van der Waals surface area contributed by atoms with Gasteiger partial charge in [0.25, 0.3) is 0 Å². The van der Waals surface area contributed by atoms with Crippen LogP contribution in [0.1, 0.15) is 12.5 Å². The molecule has 0 saturated heterocycles. The van der Waals surface area contributed by atoms with Crippen molar-refractivity contribution in [3.05, 3.63) is 48.3 Å². The van der Waals surface area contributed by atoms with Gasteiger partial charge in [0.15, 0.2) is 0 Å². The number of hydrogen-bond donors (Lipinski definition) is 2. The van der Waals surface area contributed by atoms with Crippen molar-refractivity contribution in [2.45, 2.75) is 31.0 Å². The fourth-order valence-electron chi connectivity index (χ4n) is 2.16. The molecule has 0 amide bonds. The van der Waals surface area contributed by atoms with Crippen molar-refractivity contribution in [3.8, 4) is 0 Å². The lowest BCUT2D eigenvalue weighted by molar-refractivity contribution is 0.493. The van der Waals surface area contributed by atoms with Gasteiger partial charge in [0.05, 0.1) is 11.4 Å². The van der Waals surface area contributed by atoms with Crippen LogP contribution in [0.15, 0.2) is 47.6 Å². The van der Waals surface area contributed by atoms with Gasteiger partial charge in [-0.25, -0.2) is 13.1 Å². The molecule has 2 N–H and O–H groups in total. The molecular weight excluding hydrogens is 288 g/mol. The molecule has 0 aliphatic heterocycles. The number of rotatable bonds is 7. The summed E-state index contributed by atoms with van der Waals surface area (Å²) in [5, 5.41) is 7.06. The first-order valence-electron chi connectivity index (χ1n) is 6.75. The van der Waals surface area contributed by atoms with Crippen LogP contribution in [0.25, 0.3) is 0 Å². The quantitative estimate of drug-likeness (QED) is 0.799. The van der Waals surface area contributed by atoms with Gasteiger partial charge in [0.2, 0.25) is 10.0 Å². The highest BCUT2D eigenvalue weighted by molar-refractivity contribution is 7.89. The number of benzene rings is 1. The Kier molecular flexibility index (Phi) is 5.11. The maximum Gasteiger partial charge on any atom is 0.241 e. The molecule has 1 aromatic carbocycles. The second-order valence-electron chi connectivity index (χ2n) is 4.89. The highest BCUT2D eigenvalue weighted by atomic mass is 32.2. The van der Waals surface area contributed by atoms with Crippen molar-refractivity contribution in [2.24, 2.45) is 0 Å². The Hall–Kier alpha value is -1.70. The third-order valence-electron chi connectivity index (χ3n) is 3.01. The molecule has 6 nitrogen and oxygen atoms in total. The van der Waals surface area contributed by atoms with Crippen molar-refractivity contribution in [3.63, 3.8) is 0 Å². The average Bonchev–Trinajstić information content (AvgIpc) is 2.91. The monoisotopic (exact) mass is 308 g/mol. The Morgan fingerprint density at radius 3 is 2.71 bits per heavy atom. The van der Waals surface area contributed by atoms with Crippen LogP contribution >= 0.6 is 0 Å². The summed E-state index contributed by atoms with van der Waals surface area (Å²) in [7, 11) is -1.76. The minimum absolute atomic E-state index is 0.252. The van der Waals surface area contributed by atoms with E-state index in [4.69, 9.17) is 0 Å². The summed E-state index contributed by atoms with van der Waals surface area (Å²) in [6, 6.07) is 8.55. The predicted molar refractivity (Wildman–Crippen MR) is 81.2 cm³/mol. The molecule has 1 heterocycles. The van der Waals surface area contributed by atoms with Crippen LogP contribution in [0, 0.1) is 0 Å². The van der Waals surface area contributed by atoms with E-state index in [1.165, 1.54) is 0 Å². The van der Waals surface area contributed by atoms with E-state index in [1.54, 1.807) is 36.3 Å². The Labute approximate surface area is 125 Å². The smallest absolute Gasteiger partial charge is 0.241 e. The molecule has 21 heavy (non-hydrogen) atoms. The normalized spacial score (nSPS) is 13.2. The molecule has 0 aliphatic carbocycles. The van der Waals surface area contributed by atoms with Gasteiger partial charge in [-0.2, -0.15) is 5.10 Å². The van der Waals surface area contributed by atoms with Gasteiger partial charge < -0.3 is 5.32 Å². The number of aromatic nitrogens is 2. The number of sulfonamides is 1. The zero-order valence-corrected chi connectivity index (χ0v) is 13.0. The molecule has 0 fully saturated rings. The van der Waals surface area contributed by atoms with E-state index < -0.39 is 10.0 Å². The summed E-state index contributed by atoms with van der Waals surface area (Å²) in [6.45, 7) is 2.81. The van der Waals surface area contributed by atoms with E-state index >= 15 is 0 Å². The van der Waals surface area contributed by atoms with Crippen molar-refractivity contribution in [1.82, 2.24) is 19.8 Å². The Bertz CT molecular complexity index is 668. The van der Waals surface area contributed by atoms with E-state index in [0.29, 0.717) is 18.0 Å². The maximum atomic E-state index is 12.5. The van der Waals surface area contributed by atoms with E-state index in [9.17, 15) is 8.42 Å². The van der Waals surface area contributed by atoms with E-state index in [1.807, 2.05) is 25.1 Å². The van der Waals surface area contributed by atoms with Crippen LogP contribution in [0.2, 0.25) is 0 Å². The first-order valence-corrected chi connectivity index (χ1v) is 8.23. The summed E-state index contributed by atoms with van der Waals surface area (Å²) in [5.41, 5.74) is 0.749. The zero-order chi connectivity index (χ0) is 15.3. The van der Waals surface area contributed by atoms with Crippen molar-refractivity contribution in [1.29, 1.82) is 0 Å². The topological polar surface area (TPSA) is 76.0 Å². The Morgan fingerprint density at radius 1 is 1.29 bits per heavy atom. The minimum atomic E-state index is -3.55. The molecule has 0 saturated carbocycles. The van der Waals surface area contributed by atoms with Crippen molar-refractivity contribution >= 4 is 10.0 Å². The summed E-state index contributed by atoms with van der Waals surface area (Å²) in [5.74, 6) is 0. The number of nitrogens with zero attached hydrogens (tertiary/aromatic N) is 2. The Morgan fingerprint density at radius 2 is 2.05 bits per heavy atom. The van der Waals surface area contributed by atoms with Crippen LogP contribution in [0.3, 0.4) is 0 Å². The van der Waals surface area contributed by atoms with Gasteiger partial charge in [0, 0.05) is 25.0 Å². The summed E-state index contributed by atoms with van der Waals surface area (Å²) < 4.78 is 29.4. The molecule has 1 aromatic heterocycles. The fraction of sp³-hybridized carbons (Fsp3) is 0.357. The van der Waals surface area contributed by atoms with Crippen LogP contribution in [0.5, 0.6) is 0 Å². The molecule has 0 bridgehead atoms. The van der Waals surface area contributed by atoms with Gasteiger partial charge in [0.1, 0.15) is 0 Å². The van der Waals surface area contributed by atoms with E-state index in [0.717, 1.165) is 5.56 Å². The van der Waals surface area contributed by atoms with Gasteiger partial charge in [-0.05, 0) is 31.7 Å². The molecule has 0 radical (unpaired) electrons. The molecule has 2 aromatic rings. The molecular formula is C14H20N4O2S. The third-order valence-corrected chi connectivity index (χ3v) is 4.70. The first-order chi connectivity index (χ1) is 10.0. The van der Waals surface area contributed by atoms with Crippen molar-refractivity contribution < 1.29 is 8.42 Å². The lowest BCUT2D eigenvalue weighted by atomic mass is 10.2. The lowest BCUT2D eigenvalue weighted by Crippen LogP contribution is -2.36. The van der Waals surface area contributed by atoms with Crippen molar-refractivity contribution in [2.75, 3.05) is 7.05 Å². The lowest BCUT2D eigenvalue weighted by Gasteiger charge is -2.16. The minimum Gasteiger partial charge on any atom is -0.316 e. The first kappa shape index (κ1) is 15.7. The van der Waals surface area contributed by atoms with Crippen LogP contribution in [-0.4, -0.2) is 31.3 Å². The SMILES string of the molecule is CNCc1ccccc1S(=O)(=O)NC(C)Cn1cccn1. The second kappa shape index (κ2) is 6.84. The molecule has 2 rings (SSSR count). The largest absolute Gasteiger partial charge is 0.316 e. The molecule has 1 unspecified atom stereocenters. The van der Waals surface area contributed by atoms with Gasteiger partial charge in [-0.1, -0.05) is 18.2 Å². The van der Waals surface area contributed by atoms with Crippen LogP contribution < -0.4 is 10.0 Å². The van der Waals surface area contributed by atoms with Gasteiger partial charge in [-0.3, -0.25) is 4.68 Å². The second-order valence-corrected chi connectivity index (χ2v) is 6.57. The Balaban J connectivity index is 2.14. The maximum absolute atomic E-state index is 12.5. The summed E-state index contributed by atoms with van der Waals surface area (Å²) >= 11 is 0. The summed E-state index contributed by atoms with van der Waals surface area (Å²) in [4.78, 5) is 0.312. The molecule has 0 aliphatic rings. The molecule has 1 atom stereocenters. The van der Waals surface area contributed by atoms with Gasteiger partial charge in [-0.15, -0.1) is 0 Å². The molecule has 7 heteroatoms. The molecule has 114 valence electrons. The van der Waals surface area contributed by atoms with Crippen LogP contribution in [-0.2, 0) is 23.1 Å². The van der Waals surface area contributed by atoms with Crippen LogP contribution in [0.4, 0.5) is 0 Å². The third kappa shape index (κ3) is 4.13. The van der Waals surface area contributed by atoms with E-state index in [2.05, 4.69) is 15.1 Å². The number of hydrogen-bond acceptors (Lipinski definition) is 4. The average molecular weight is 308 g/mol. The fourth-order valence-corrected chi connectivity index (χ4v) is 3.63. The number of nitrogens with one attached hydrogen (secondary N) is 2.